The molecule has 0 fully saturated rings. The van der Waals surface area contributed by atoms with Crippen molar-refractivity contribution in [3.63, 3.8) is 0 Å². The molecule has 1 N–H and O–H groups in total. The highest BCUT2D eigenvalue weighted by Crippen LogP contribution is 2.30. The summed E-state index contributed by atoms with van der Waals surface area (Å²) < 4.78 is 0. The van der Waals surface area contributed by atoms with Gasteiger partial charge in [0.25, 0.3) is 0 Å². The van der Waals surface area contributed by atoms with Crippen LogP contribution in [-0.2, 0) is 0 Å². The largest absolute Gasteiger partial charge is 0.395 e. The highest BCUT2D eigenvalue weighted by atomic mass is 32.1. The number of nitrogens with zero attached hydrogens (tertiary/aromatic N) is 3. The van der Waals surface area contributed by atoms with E-state index in [1.54, 1.807) is 17.7 Å². The molecule has 2 heterocycles. The van der Waals surface area contributed by atoms with Crippen molar-refractivity contribution in [3.05, 3.63) is 17.3 Å². The van der Waals surface area contributed by atoms with Crippen molar-refractivity contribution < 1.29 is 5.11 Å². The van der Waals surface area contributed by atoms with E-state index in [1.807, 2.05) is 0 Å². The summed E-state index contributed by atoms with van der Waals surface area (Å²) in [6.07, 6.45) is 1.60. The molecule has 0 unspecified atom stereocenters. The van der Waals surface area contributed by atoms with Gasteiger partial charge in [-0.3, -0.25) is 0 Å². The zero-order valence-electron chi connectivity index (χ0n) is 10.3. The number of thiophene rings is 1. The smallest absolute Gasteiger partial charge is 0.141 e. The fourth-order valence-corrected chi connectivity index (χ4v) is 2.75. The van der Waals surface area contributed by atoms with Crippen LogP contribution < -0.4 is 4.90 Å². The molecule has 0 bridgehead atoms. The molecule has 17 heavy (non-hydrogen) atoms. The molecular formula is C12H17N3OS. The summed E-state index contributed by atoms with van der Waals surface area (Å²) in [5.41, 5.74) is 0. The second-order valence-electron chi connectivity index (χ2n) is 4.28. The van der Waals surface area contributed by atoms with Gasteiger partial charge in [0.15, 0.2) is 0 Å². The number of hydrogen-bond acceptors (Lipinski definition) is 5. The molecule has 0 radical (unpaired) electrons. The second kappa shape index (κ2) is 4.98. The molecule has 4 nitrogen and oxygen atoms in total. The van der Waals surface area contributed by atoms with Gasteiger partial charge in [-0.1, -0.05) is 0 Å². The average molecular weight is 251 g/mol. The van der Waals surface area contributed by atoms with Crippen molar-refractivity contribution >= 4 is 27.4 Å². The Morgan fingerprint density at radius 2 is 2.18 bits per heavy atom. The molecule has 5 heteroatoms. The van der Waals surface area contributed by atoms with Crippen LogP contribution in [0.3, 0.4) is 0 Å². The first-order valence-corrected chi connectivity index (χ1v) is 6.53. The van der Waals surface area contributed by atoms with Gasteiger partial charge in [-0.15, -0.1) is 11.3 Å². The topological polar surface area (TPSA) is 49.2 Å². The van der Waals surface area contributed by atoms with Crippen LogP contribution in [0.4, 0.5) is 5.82 Å². The molecule has 2 aromatic rings. The first kappa shape index (κ1) is 12.3. The number of hydrogen-bond donors (Lipinski definition) is 1. The monoisotopic (exact) mass is 251 g/mol. The molecular weight excluding hydrogens is 234 g/mol. The van der Waals surface area contributed by atoms with Gasteiger partial charge in [0.2, 0.25) is 0 Å². The first-order valence-electron chi connectivity index (χ1n) is 5.72. The fraction of sp³-hybridized carbons (Fsp3) is 0.500. The molecule has 2 aromatic heterocycles. The van der Waals surface area contributed by atoms with Crippen molar-refractivity contribution in [3.8, 4) is 0 Å². The molecule has 0 spiro atoms. The predicted molar refractivity (Wildman–Crippen MR) is 71.7 cm³/mol. The standard InChI is InChI=1S/C12H17N3OS/c1-8(2)15(4-5-16)11-10-6-9(3)17-12(10)14-7-13-11/h6-8,16H,4-5H2,1-3H3. The summed E-state index contributed by atoms with van der Waals surface area (Å²) in [5.74, 6) is 0.920. The van der Waals surface area contributed by atoms with Crippen LogP contribution in [0.5, 0.6) is 0 Å². The van der Waals surface area contributed by atoms with Crippen molar-refractivity contribution in [2.75, 3.05) is 18.1 Å². The fourth-order valence-electron chi connectivity index (χ4n) is 1.91. The third-order valence-electron chi connectivity index (χ3n) is 2.67. The first-order chi connectivity index (χ1) is 8.13. The minimum atomic E-state index is 0.132. The normalized spacial score (nSPS) is 11.4. The highest BCUT2D eigenvalue weighted by molar-refractivity contribution is 7.18. The Hall–Kier alpha value is -1.20. The van der Waals surface area contributed by atoms with Crippen molar-refractivity contribution in [1.29, 1.82) is 0 Å². The van der Waals surface area contributed by atoms with Crippen molar-refractivity contribution in [1.82, 2.24) is 9.97 Å². The Kier molecular flexibility index (Phi) is 3.59. The number of aryl methyl sites for hydroxylation is 1. The van der Waals surface area contributed by atoms with Gasteiger partial charge >= 0.3 is 0 Å². The van der Waals surface area contributed by atoms with Crippen LogP contribution in [0.1, 0.15) is 18.7 Å². The Balaban J connectivity index is 2.51. The Morgan fingerprint density at radius 3 is 2.82 bits per heavy atom. The minimum absolute atomic E-state index is 0.132. The molecule has 0 amide bonds. The van der Waals surface area contributed by atoms with E-state index >= 15 is 0 Å². The summed E-state index contributed by atoms with van der Waals surface area (Å²) in [7, 11) is 0. The molecule has 92 valence electrons. The van der Waals surface area contributed by atoms with Crippen LogP contribution in [0.2, 0.25) is 0 Å². The van der Waals surface area contributed by atoms with Gasteiger partial charge in [0.05, 0.1) is 12.0 Å². The zero-order valence-corrected chi connectivity index (χ0v) is 11.2. The second-order valence-corrected chi connectivity index (χ2v) is 5.52. The maximum atomic E-state index is 9.14. The lowest BCUT2D eigenvalue weighted by molar-refractivity contribution is 0.299. The van der Waals surface area contributed by atoms with E-state index < -0.39 is 0 Å². The van der Waals surface area contributed by atoms with Crippen LogP contribution >= 0.6 is 11.3 Å². The van der Waals surface area contributed by atoms with Gasteiger partial charge in [-0.2, -0.15) is 0 Å². The molecule has 0 aliphatic rings. The molecule has 0 saturated carbocycles. The highest BCUT2D eigenvalue weighted by Gasteiger charge is 2.16. The number of fused-ring (bicyclic) bond motifs is 1. The van der Waals surface area contributed by atoms with E-state index in [9.17, 15) is 0 Å². The van der Waals surface area contributed by atoms with Crippen LogP contribution in [0.25, 0.3) is 10.2 Å². The summed E-state index contributed by atoms with van der Waals surface area (Å²) in [6, 6.07) is 2.42. The van der Waals surface area contributed by atoms with E-state index in [-0.39, 0.29) is 6.61 Å². The Morgan fingerprint density at radius 1 is 1.41 bits per heavy atom. The van der Waals surface area contributed by atoms with E-state index in [2.05, 4.69) is 41.7 Å². The SMILES string of the molecule is Cc1cc2c(N(CCO)C(C)C)ncnc2s1. The number of aromatic nitrogens is 2. The third-order valence-corrected chi connectivity index (χ3v) is 3.63. The Bertz CT molecular complexity index is 509. The van der Waals surface area contributed by atoms with Gasteiger partial charge in [0.1, 0.15) is 17.0 Å². The molecule has 0 saturated heterocycles. The lowest BCUT2D eigenvalue weighted by atomic mass is 10.2. The average Bonchev–Trinajstić information content (AvgIpc) is 2.65. The predicted octanol–water partition coefficient (Wildman–Crippen LogP) is 2.21. The van der Waals surface area contributed by atoms with Crippen molar-refractivity contribution in [2.45, 2.75) is 26.8 Å². The molecule has 0 aliphatic heterocycles. The van der Waals surface area contributed by atoms with Crippen LogP contribution in [0.15, 0.2) is 12.4 Å². The van der Waals surface area contributed by atoms with E-state index in [0.717, 1.165) is 16.0 Å². The zero-order chi connectivity index (χ0) is 12.4. The maximum absolute atomic E-state index is 9.14. The maximum Gasteiger partial charge on any atom is 0.141 e. The third kappa shape index (κ3) is 2.40. The van der Waals surface area contributed by atoms with Gasteiger partial charge in [0, 0.05) is 17.5 Å². The summed E-state index contributed by atoms with van der Waals surface area (Å²) in [4.78, 5) is 13.0. The quantitative estimate of drug-likeness (QED) is 0.905. The minimum Gasteiger partial charge on any atom is -0.395 e. The molecule has 0 aromatic carbocycles. The van der Waals surface area contributed by atoms with E-state index in [1.165, 1.54) is 4.88 Å². The van der Waals surface area contributed by atoms with Crippen LogP contribution in [0, 0.1) is 6.92 Å². The molecule has 2 rings (SSSR count). The number of aliphatic hydroxyl groups is 1. The van der Waals surface area contributed by atoms with E-state index in [4.69, 9.17) is 5.11 Å². The summed E-state index contributed by atoms with van der Waals surface area (Å²) >= 11 is 1.67. The summed E-state index contributed by atoms with van der Waals surface area (Å²) in [5, 5.41) is 10.2. The number of rotatable bonds is 4. The van der Waals surface area contributed by atoms with Crippen LogP contribution in [-0.4, -0.2) is 34.3 Å². The van der Waals surface area contributed by atoms with E-state index in [0.29, 0.717) is 12.6 Å². The van der Waals surface area contributed by atoms with Gasteiger partial charge < -0.3 is 10.0 Å². The lowest BCUT2D eigenvalue weighted by Crippen LogP contribution is -2.34. The van der Waals surface area contributed by atoms with Crippen molar-refractivity contribution in [2.24, 2.45) is 0 Å². The van der Waals surface area contributed by atoms with Gasteiger partial charge in [-0.05, 0) is 26.8 Å². The molecule has 0 atom stereocenters. The molecule has 0 aliphatic carbocycles. The number of aliphatic hydroxyl groups excluding tert-OH is 1. The summed E-state index contributed by atoms with van der Waals surface area (Å²) in [6.45, 7) is 7.00. The number of anilines is 1. The lowest BCUT2D eigenvalue weighted by Gasteiger charge is -2.27. The Labute approximate surface area is 105 Å². The van der Waals surface area contributed by atoms with Gasteiger partial charge in [-0.25, -0.2) is 9.97 Å².